The molecular weight excluding hydrogens is 254 g/mol. The van der Waals surface area contributed by atoms with E-state index in [-0.39, 0.29) is 4.90 Å². The van der Waals surface area contributed by atoms with E-state index in [1.54, 1.807) is 0 Å². The number of carbonyl (C=O) groups is 1. The van der Waals surface area contributed by atoms with Gasteiger partial charge >= 0.3 is 12.4 Å². The summed E-state index contributed by atoms with van der Waals surface area (Å²) < 4.78 is 72.9. The molecule has 17 heavy (non-hydrogen) atoms. The molecule has 9 heteroatoms. The Hall–Kier alpha value is -1.46. The van der Waals surface area contributed by atoms with E-state index < -0.39 is 37.3 Å². The van der Waals surface area contributed by atoms with Crippen LogP contribution in [-0.4, -0.2) is 36.2 Å². The molecule has 0 fully saturated rings. The summed E-state index contributed by atoms with van der Waals surface area (Å²) in [6, 6.07) is 1.33. The summed E-state index contributed by atoms with van der Waals surface area (Å²) in [6.07, 6.45) is -11.4. The summed E-state index contributed by atoms with van der Waals surface area (Å²) in [5.41, 5.74) is 0. The van der Waals surface area contributed by atoms with Gasteiger partial charge in [-0.05, 0) is 6.92 Å². The number of amides is 1. The highest BCUT2D eigenvalue weighted by Crippen LogP contribution is 2.40. The second-order valence-corrected chi connectivity index (χ2v) is 3.03. The van der Waals surface area contributed by atoms with Crippen molar-refractivity contribution in [1.82, 2.24) is 4.90 Å². The average molecular weight is 262 g/mol. The lowest BCUT2D eigenvalue weighted by Gasteiger charge is -2.27. The van der Waals surface area contributed by atoms with E-state index in [9.17, 15) is 31.1 Å². The topological polar surface area (TPSA) is 44.1 Å². The van der Waals surface area contributed by atoms with Crippen LogP contribution in [0, 0.1) is 17.2 Å². The van der Waals surface area contributed by atoms with Crippen molar-refractivity contribution < 1.29 is 31.1 Å². The Kier molecular flexibility index (Phi) is 4.80. The van der Waals surface area contributed by atoms with Crippen LogP contribution in [0.4, 0.5) is 26.3 Å². The Morgan fingerprint density at radius 2 is 1.65 bits per heavy atom. The molecule has 98 valence electrons. The van der Waals surface area contributed by atoms with Gasteiger partial charge in [0.2, 0.25) is 11.8 Å². The largest absolute Gasteiger partial charge is 0.409 e. The van der Waals surface area contributed by atoms with E-state index >= 15 is 0 Å². The van der Waals surface area contributed by atoms with Crippen LogP contribution in [0.1, 0.15) is 6.92 Å². The molecule has 0 rings (SSSR count). The molecule has 0 aliphatic carbocycles. The van der Waals surface area contributed by atoms with E-state index in [1.807, 2.05) is 0 Å². The first kappa shape index (κ1) is 15.5. The Labute approximate surface area is 92.6 Å². The molecule has 0 aromatic heterocycles. The van der Waals surface area contributed by atoms with Crippen molar-refractivity contribution in [3.05, 3.63) is 0 Å². The normalized spacial score (nSPS) is 12.4. The Morgan fingerprint density at radius 1 is 1.24 bits per heavy atom. The highest BCUT2D eigenvalue weighted by molar-refractivity contribution is 5.80. The molecule has 0 heterocycles. The van der Waals surface area contributed by atoms with Crippen LogP contribution in [-0.2, 0) is 4.79 Å². The van der Waals surface area contributed by atoms with Crippen LogP contribution in [0.3, 0.4) is 0 Å². The van der Waals surface area contributed by atoms with E-state index in [4.69, 9.17) is 5.26 Å². The molecule has 0 aromatic rings. The van der Waals surface area contributed by atoms with Crippen molar-refractivity contribution in [1.29, 1.82) is 5.26 Å². The monoisotopic (exact) mass is 262 g/mol. The second kappa shape index (κ2) is 5.25. The minimum Gasteiger partial charge on any atom is -0.329 e. The standard InChI is InChI=1S/C8H8F6N2O/c1-2-16(4-3-15)6(17)5(7(9,10)11)8(12,13)14/h5H,2,4H2,1H3. The molecule has 0 aliphatic rings. The van der Waals surface area contributed by atoms with Gasteiger partial charge in [0.15, 0.2) is 0 Å². The SMILES string of the molecule is CCN(CC#N)C(=O)C(C(F)(F)F)C(F)(F)F. The van der Waals surface area contributed by atoms with Crippen LogP contribution < -0.4 is 0 Å². The molecule has 0 atom stereocenters. The zero-order valence-electron chi connectivity index (χ0n) is 8.56. The lowest BCUT2D eigenvalue weighted by Crippen LogP contribution is -2.49. The predicted octanol–water partition coefficient (Wildman–Crippen LogP) is 2.10. The Morgan fingerprint density at radius 3 is 1.88 bits per heavy atom. The second-order valence-electron chi connectivity index (χ2n) is 3.03. The highest BCUT2D eigenvalue weighted by atomic mass is 19.4. The van der Waals surface area contributed by atoms with E-state index in [0.717, 1.165) is 0 Å². The number of alkyl halides is 6. The molecule has 0 aromatic carbocycles. The first-order chi connectivity index (χ1) is 7.55. The molecule has 0 bridgehead atoms. The fraction of sp³-hybridized carbons (Fsp3) is 0.750. The van der Waals surface area contributed by atoms with Gasteiger partial charge in [-0.2, -0.15) is 31.6 Å². The zero-order chi connectivity index (χ0) is 13.9. The van der Waals surface area contributed by atoms with Gasteiger partial charge in [-0.1, -0.05) is 0 Å². The molecule has 0 N–H and O–H groups in total. The number of hydrogen-bond acceptors (Lipinski definition) is 2. The van der Waals surface area contributed by atoms with E-state index in [1.165, 1.54) is 13.0 Å². The van der Waals surface area contributed by atoms with Crippen molar-refractivity contribution in [2.24, 2.45) is 5.92 Å². The summed E-state index contributed by atoms with van der Waals surface area (Å²) in [6.45, 7) is -0.0495. The summed E-state index contributed by atoms with van der Waals surface area (Å²) in [5, 5.41) is 8.20. The minimum absolute atomic E-state index is 0.200. The van der Waals surface area contributed by atoms with Crippen molar-refractivity contribution in [3.8, 4) is 6.07 Å². The van der Waals surface area contributed by atoms with E-state index in [0.29, 0.717) is 0 Å². The van der Waals surface area contributed by atoms with Gasteiger partial charge in [-0.15, -0.1) is 0 Å². The van der Waals surface area contributed by atoms with Gasteiger partial charge in [0, 0.05) is 6.54 Å². The molecule has 0 aliphatic heterocycles. The number of halogens is 6. The van der Waals surface area contributed by atoms with Crippen molar-refractivity contribution in [2.75, 3.05) is 13.1 Å². The lowest BCUT2D eigenvalue weighted by atomic mass is 10.1. The summed E-state index contributed by atoms with van der Waals surface area (Å²) in [4.78, 5) is 11.3. The van der Waals surface area contributed by atoms with Crippen LogP contribution in [0.2, 0.25) is 0 Å². The van der Waals surface area contributed by atoms with Crippen LogP contribution in [0.25, 0.3) is 0 Å². The molecule has 1 amide bonds. The Balaban J connectivity index is 5.22. The maximum atomic E-state index is 12.2. The number of carbonyl (C=O) groups excluding carboxylic acids is 1. The van der Waals surface area contributed by atoms with Gasteiger partial charge in [0.05, 0.1) is 6.07 Å². The molecule has 0 saturated carbocycles. The number of nitriles is 1. The van der Waals surface area contributed by atoms with Crippen LogP contribution >= 0.6 is 0 Å². The first-order valence-corrected chi connectivity index (χ1v) is 4.34. The minimum atomic E-state index is -5.72. The average Bonchev–Trinajstić information content (AvgIpc) is 2.08. The summed E-state index contributed by atoms with van der Waals surface area (Å²) in [7, 11) is 0. The van der Waals surface area contributed by atoms with Crippen LogP contribution in [0.5, 0.6) is 0 Å². The summed E-state index contributed by atoms with van der Waals surface area (Å²) >= 11 is 0. The third kappa shape index (κ3) is 4.13. The van der Waals surface area contributed by atoms with Gasteiger partial charge in [-0.3, -0.25) is 4.79 Å². The van der Waals surface area contributed by atoms with E-state index in [2.05, 4.69) is 0 Å². The lowest BCUT2D eigenvalue weighted by molar-refractivity contribution is -0.277. The van der Waals surface area contributed by atoms with Gasteiger partial charge < -0.3 is 4.90 Å². The molecule has 0 saturated heterocycles. The van der Waals surface area contributed by atoms with Gasteiger partial charge in [0.1, 0.15) is 6.54 Å². The quantitative estimate of drug-likeness (QED) is 0.577. The van der Waals surface area contributed by atoms with Crippen molar-refractivity contribution in [3.63, 3.8) is 0 Å². The molecule has 3 nitrogen and oxygen atoms in total. The smallest absolute Gasteiger partial charge is 0.329 e. The van der Waals surface area contributed by atoms with Crippen molar-refractivity contribution in [2.45, 2.75) is 19.3 Å². The molecule has 0 unspecified atom stereocenters. The fourth-order valence-corrected chi connectivity index (χ4v) is 1.08. The third-order valence-corrected chi connectivity index (χ3v) is 1.86. The maximum Gasteiger partial charge on any atom is 0.409 e. The fourth-order valence-electron chi connectivity index (χ4n) is 1.08. The van der Waals surface area contributed by atoms with Gasteiger partial charge in [0.25, 0.3) is 0 Å². The third-order valence-electron chi connectivity index (χ3n) is 1.86. The first-order valence-electron chi connectivity index (χ1n) is 4.34. The van der Waals surface area contributed by atoms with Gasteiger partial charge in [-0.25, -0.2) is 0 Å². The summed E-state index contributed by atoms with van der Waals surface area (Å²) in [5.74, 6) is -6.24. The number of hydrogen-bond donors (Lipinski definition) is 0. The zero-order valence-corrected chi connectivity index (χ0v) is 8.56. The predicted molar refractivity (Wildman–Crippen MR) is 43.5 cm³/mol. The Bertz CT molecular complexity index is 301. The molecule has 0 spiro atoms. The number of nitrogens with zero attached hydrogens (tertiary/aromatic N) is 2. The molecular formula is C8H8F6N2O. The maximum absolute atomic E-state index is 12.2. The van der Waals surface area contributed by atoms with Crippen molar-refractivity contribution >= 4 is 5.91 Å². The van der Waals surface area contributed by atoms with Crippen LogP contribution in [0.15, 0.2) is 0 Å². The highest BCUT2D eigenvalue weighted by Gasteiger charge is 2.61. The number of rotatable bonds is 3. The molecule has 0 radical (unpaired) electrons.